The summed E-state index contributed by atoms with van der Waals surface area (Å²) in [5, 5.41) is 18.8. The molecule has 0 bridgehead atoms. The molecule has 1 amide bonds. The summed E-state index contributed by atoms with van der Waals surface area (Å²) in [5.41, 5.74) is -0.0313. The number of nitrogens with zero attached hydrogens (tertiary/aromatic N) is 3. The summed E-state index contributed by atoms with van der Waals surface area (Å²) in [6.45, 7) is 0. The molecular formula is C12H8N3O5S-. The van der Waals surface area contributed by atoms with Crippen molar-refractivity contribution in [3.63, 3.8) is 0 Å². The number of fused-ring (bicyclic) bond motifs is 1. The maximum absolute atomic E-state index is 12.3. The van der Waals surface area contributed by atoms with Crippen molar-refractivity contribution in [3.05, 3.63) is 53.4 Å². The van der Waals surface area contributed by atoms with Crippen LogP contribution in [0.25, 0.3) is 0 Å². The first kappa shape index (κ1) is 13.5. The van der Waals surface area contributed by atoms with E-state index in [1.54, 1.807) is 0 Å². The average Bonchev–Trinajstić information content (AvgIpc) is 2.67. The van der Waals surface area contributed by atoms with Gasteiger partial charge in [0.25, 0.3) is 15.9 Å². The van der Waals surface area contributed by atoms with Crippen LogP contribution in [0.3, 0.4) is 0 Å². The molecule has 0 aliphatic carbocycles. The van der Waals surface area contributed by atoms with E-state index >= 15 is 0 Å². The Balaban J connectivity index is 2.10. The average molecular weight is 306 g/mol. The van der Waals surface area contributed by atoms with Gasteiger partial charge in [-0.1, -0.05) is 0 Å². The number of sulfonamides is 1. The lowest BCUT2D eigenvalue weighted by Crippen LogP contribution is -2.29. The van der Waals surface area contributed by atoms with Crippen molar-refractivity contribution in [1.82, 2.24) is 4.98 Å². The highest BCUT2D eigenvalue weighted by atomic mass is 32.2. The summed E-state index contributed by atoms with van der Waals surface area (Å²) in [7, 11) is -4.06. The van der Waals surface area contributed by atoms with E-state index < -0.39 is 15.9 Å². The molecule has 1 N–H and O–H groups in total. The van der Waals surface area contributed by atoms with E-state index in [4.69, 9.17) is 5.21 Å². The molecule has 21 heavy (non-hydrogen) atoms. The van der Waals surface area contributed by atoms with E-state index in [1.807, 2.05) is 0 Å². The Labute approximate surface area is 119 Å². The lowest BCUT2D eigenvalue weighted by molar-refractivity contribution is 0.101. The smallest absolute Gasteiger partial charge is 0.289 e. The molecule has 0 radical (unpaired) electrons. The zero-order valence-corrected chi connectivity index (χ0v) is 11.2. The van der Waals surface area contributed by atoms with Crippen molar-refractivity contribution in [3.8, 4) is 0 Å². The summed E-state index contributed by atoms with van der Waals surface area (Å²) in [4.78, 5) is 16.0. The number of amides is 1. The predicted octanol–water partition coefficient (Wildman–Crippen LogP) is 1.12. The molecule has 3 rings (SSSR count). The van der Waals surface area contributed by atoms with E-state index in [-0.39, 0.29) is 27.2 Å². The van der Waals surface area contributed by atoms with Gasteiger partial charge in [0.15, 0.2) is 5.03 Å². The Morgan fingerprint density at radius 2 is 1.86 bits per heavy atom. The molecule has 1 aliphatic rings. The van der Waals surface area contributed by atoms with Crippen LogP contribution in [-0.2, 0) is 10.0 Å². The molecule has 9 heteroatoms. The number of rotatable bonds is 2. The van der Waals surface area contributed by atoms with Gasteiger partial charge < -0.3 is 10.4 Å². The highest BCUT2D eigenvalue weighted by Gasteiger charge is 2.43. The molecule has 0 fully saturated rings. The van der Waals surface area contributed by atoms with Gasteiger partial charge in [0.05, 0.1) is 16.9 Å². The van der Waals surface area contributed by atoms with Gasteiger partial charge in [-0.15, -0.1) is 0 Å². The van der Waals surface area contributed by atoms with Crippen LogP contribution in [0.5, 0.6) is 0 Å². The first-order valence-corrected chi connectivity index (χ1v) is 7.18. The third-order valence-corrected chi connectivity index (χ3v) is 4.65. The first-order chi connectivity index (χ1) is 9.93. The maximum Gasteiger partial charge on any atom is 0.289 e. The van der Waals surface area contributed by atoms with Crippen molar-refractivity contribution in [2.75, 3.05) is 9.53 Å². The van der Waals surface area contributed by atoms with Crippen LogP contribution in [0.4, 0.5) is 11.4 Å². The van der Waals surface area contributed by atoms with Crippen molar-refractivity contribution in [2.45, 2.75) is 5.03 Å². The van der Waals surface area contributed by atoms with E-state index in [1.165, 1.54) is 42.6 Å². The van der Waals surface area contributed by atoms with Crippen LogP contribution in [0.1, 0.15) is 10.4 Å². The largest absolute Gasteiger partial charge is 0.733 e. The molecule has 0 spiro atoms. The summed E-state index contributed by atoms with van der Waals surface area (Å²) in [5.74, 6) is -0.714. The van der Waals surface area contributed by atoms with Crippen LogP contribution in [0.15, 0.2) is 47.6 Å². The number of carbonyl (C=O) groups excluding carboxylic acids is 1. The Kier molecular flexibility index (Phi) is 2.90. The quantitative estimate of drug-likeness (QED) is 0.827. The van der Waals surface area contributed by atoms with Gasteiger partial charge in [-0.05, 0) is 36.4 Å². The van der Waals surface area contributed by atoms with Gasteiger partial charge in [0.1, 0.15) is 0 Å². The Morgan fingerprint density at radius 3 is 2.43 bits per heavy atom. The molecule has 2 aromatic rings. The van der Waals surface area contributed by atoms with Crippen LogP contribution in [0.2, 0.25) is 0 Å². The van der Waals surface area contributed by atoms with E-state index in [0.717, 1.165) is 0 Å². The topological polar surface area (TPSA) is 114 Å². The zero-order chi connectivity index (χ0) is 15.2. The summed E-state index contributed by atoms with van der Waals surface area (Å²) in [6, 6.07) is 7.74. The molecule has 2 heterocycles. The number of hydrogen-bond acceptors (Lipinski definition) is 7. The van der Waals surface area contributed by atoms with E-state index in [2.05, 4.69) is 4.98 Å². The molecule has 8 nitrogen and oxygen atoms in total. The van der Waals surface area contributed by atoms with Crippen LogP contribution >= 0.6 is 0 Å². The number of hydrogen-bond donors (Lipinski definition) is 1. The minimum atomic E-state index is -4.06. The van der Waals surface area contributed by atoms with E-state index in [0.29, 0.717) is 4.31 Å². The lowest BCUT2D eigenvalue weighted by Gasteiger charge is -2.22. The van der Waals surface area contributed by atoms with Gasteiger partial charge in [-0.25, -0.2) is 4.98 Å². The predicted molar refractivity (Wildman–Crippen MR) is 72.3 cm³/mol. The zero-order valence-electron chi connectivity index (χ0n) is 10.4. The second-order valence-electron chi connectivity index (χ2n) is 4.22. The molecule has 0 unspecified atom stereocenters. The Bertz CT molecular complexity index is 817. The van der Waals surface area contributed by atoms with Gasteiger partial charge in [0.2, 0.25) is 0 Å². The fraction of sp³-hybridized carbons (Fsp3) is 0. The van der Waals surface area contributed by atoms with E-state index in [9.17, 15) is 18.4 Å². The van der Waals surface area contributed by atoms with Crippen molar-refractivity contribution in [2.24, 2.45) is 0 Å². The number of carbonyl (C=O) groups is 1. The lowest BCUT2D eigenvalue weighted by atomic mass is 10.2. The van der Waals surface area contributed by atoms with Crippen LogP contribution in [-0.4, -0.2) is 24.5 Å². The maximum atomic E-state index is 12.3. The first-order valence-electron chi connectivity index (χ1n) is 5.74. The summed E-state index contributed by atoms with van der Waals surface area (Å²) < 4.78 is 25.3. The van der Waals surface area contributed by atoms with Crippen molar-refractivity contribution >= 4 is 27.3 Å². The molecule has 0 atom stereocenters. The number of benzene rings is 1. The Morgan fingerprint density at radius 1 is 1.19 bits per heavy atom. The van der Waals surface area contributed by atoms with Gasteiger partial charge in [0, 0.05) is 6.20 Å². The Hall–Kier alpha value is -2.49. The fourth-order valence-electron chi connectivity index (χ4n) is 2.04. The standard InChI is InChI=1S/C12H8N3O5S/c16-12-10-2-1-7-13-11(10)21(19,20)14(12)8-3-5-9(6-4-8)15(17)18/h1-7,17H/q-1. The molecular weight excluding hydrogens is 298 g/mol. The molecule has 1 aromatic carbocycles. The highest BCUT2D eigenvalue weighted by Crippen LogP contribution is 2.33. The van der Waals surface area contributed by atoms with Crippen molar-refractivity contribution < 1.29 is 18.4 Å². The van der Waals surface area contributed by atoms with Gasteiger partial charge in [-0.2, -0.15) is 12.7 Å². The fourth-order valence-corrected chi connectivity index (χ4v) is 3.55. The van der Waals surface area contributed by atoms with Gasteiger partial charge >= 0.3 is 0 Å². The number of anilines is 2. The number of aromatic nitrogens is 1. The molecule has 108 valence electrons. The highest BCUT2D eigenvalue weighted by molar-refractivity contribution is 7.94. The van der Waals surface area contributed by atoms with Crippen LogP contribution in [0, 0.1) is 5.21 Å². The second kappa shape index (κ2) is 4.52. The minimum Gasteiger partial charge on any atom is -0.733 e. The summed E-state index contributed by atoms with van der Waals surface area (Å²) >= 11 is 0. The van der Waals surface area contributed by atoms with Gasteiger partial charge in [-0.3, -0.25) is 10.0 Å². The molecule has 0 saturated heterocycles. The minimum absolute atomic E-state index is 0.00538. The SMILES string of the molecule is O=C1c2cccnc2S(=O)(=O)N1c1ccc(N([O-])O)cc1. The molecule has 1 aromatic heterocycles. The van der Waals surface area contributed by atoms with Crippen LogP contribution < -0.4 is 9.53 Å². The van der Waals surface area contributed by atoms with Crippen molar-refractivity contribution in [1.29, 1.82) is 0 Å². The summed E-state index contributed by atoms with van der Waals surface area (Å²) in [6.07, 6.45) is 1.29. The monoisotopic (exact) mass is 306 g/mol. The molecule has 1 aliphatic heterocycles. The molecule has 0 saturated carbocycles. The third-order valence-electron chi connectivity index (χ3n) is 2.98. The number of pyridine rings is 1. The second-order valence-corrected chi connectivity index (χ2v) is 5.92. The third kappa shape index (κ3) is 1.95. The normalized spacial score (nSPS) is 15.9.